The Morgan fingerprint density at radius 1 is 1.88 bits per heavy atom. The van der Waals surface area contributed by atoms with Crippen LogP contribution in [0.15, 0.2) is 0 Å². The topological polar surface area (TPSA) is 40.1 Å². The molecule has 0 saturated carbocycles. The molecule has 0 saturated heterocycles. The maximum Gasteiger partial charge on any atom is 1.00 e. The third-order valence-electron chi connectivity index (χ3n) is 0.659. The maximum atomic E-state index is 9.74. The SMILES string of the molecule is CC[C@H](S)C(=O)[O-].[Na+]. The summed E-state index contributed by atoms with van der Waals surface area (Å²) in [5, 5.41) is 9.15. The van der Waals surface area contributed by atoms with Crippen molar-refractivity contribution in [2.24, 2.45) is 0 Å². The Morgan fingerprint density at radius 2 is 2.25 bits per heavy atom. The number of aliphatic carboxylic acids is 1. The normalized spacial score (nSPS) is 11.8. The van der Waals surface area contributed by atoms with Crippen LogP contribution < -0.4 is 34.7 Å². The molecule has 0 amide bonds. The van der Waals surface area contributed by atoms with Crippen LogP contribution in [0.2, 0.25) is 0 Å². The summed E-state index contributed by atoms with van der Waals surface area (Å²) in [7, 11) is 0. The van der Waals surface area contributed by atoms with Gasteiger partial charge in [-0.3, -0.25) is 0 Å². The number of carbonyl (C=O) groups is 1. The van der Waals surface area contributed by atoms with Crippen molar-refractivity contribution in [2.45, 2.75) is 18.6 Å². The fraction of sp³-hybridized carbons (Fsp3) is 0.750. The van der Waals surface area contributed by atoms with E-state index in [-0.39, 0.29) is 29.6 Å². The molecule has 8 heavy (non-hydrogen) atoms. The molecule has 0 unspecified atom stereocenters. The maximum absolute atomic E-state index is 9.74. The van der Waals surface area contributed by atoms with E-state index >= 15 is 0 Å². The molecule has 2 nitrogen and oxygen atoms in total. The Morgan fingerprint density at radius 3 is 2.25 bits per heavy atom. The fourth-order valence-electron chi connectivity index (χ4n) is 0.167. The zero-order valence-corrected chi connectivity index (χ0v) is 7.94. The summed E-state index contributed by atoms with van der Waals surface area (Å²) in [5.41, 5.74) is 0. The number of hydrogen-bond acceptors (Lipinski definition) is 3. The Balaban J connectivity index is 0. The van der Waals surface area contributed by atoms with Crippen LogP contribution in [0.4, 0.5) is 0 Å². The Hall–Kier alpha value is 0.820. The van der Waals surface area contributed by atoms with Gasteiger partial charge in [0.1, 0.15) is 0 Å². The minimum Gasteiger partial charge on any atom is -0.549 e. The van der Waals surface area contributed by atoms with Gasteiger partial charge in [0.2, 0.25) is 0 Å². The summed E-state index contributed by atoms with van der Waals surface area (Å²) < 4.78 is 0. The smallest absolute Gasteiger partial charge is 0.549 e. The standard InChI is InChI=1S/C4H8O2S.Na/c1-2-3(7)4(5)6;/h3,7H,2H2,1H3,(H,5,6);/q;+1/p-1/t3-;/m0./s1. The summed E-state index contributed by atoms with van der Waals surface area (Å²) in [6, 6.07) is 0. The molecule has 0 heterocycles. The van der Waals surface area contributed by atoms with Gasteiger partial charge in [0.05, 0.1) is 5.97 Å². The van der Waals surface area contributed by atoms with E-state index in [0.29, 0.717) is 6.42 Å². The first-order chi connectivity index (χ1) is 3.18. The molecule has 42 valence electrons. The minimum absolute atomic E-state index is 0. The molecule has 0 aliphatic heterocycles. The monoisotopic (exact) mass is 142 g/mol. The van der Waals surface area contributed by atoms with Crippen LogP contribution in [0.25, 0.3) is 0 Å². The molecule has 0 bridgehead atoms. The van der Waals surface area contributed by atoms with Gasteiger partial charge in [0, 0.05) is 5.25 Å². The molecular formula is C4H7NaO2S. The molecule has 1 atom stereocenters. The van der Waals surface area contributed by atoms with Crippen molar-refractivity contribution in [1.82, 2.24) is 0 Å². The van der Waals surface area contributed by atoms with Crippen molar-refractivity contribution in [3.8, 4) is 0 Å². The zero-order valence-electron chi connectivity index (χ0n) is 5.05. The number of rotatable bonds is 2. The molecule has 0 N–H and O–H groups in total. The van der Waals surface area contributed by atoms with Gasteiger partial charge >= 0.3 is 29.6 Å². The minimum atomic E-state index is -1.09. The van der Waals surface area contributed by atoms with Crippen LogP contribution in [-0.4, -0.2) is 11.2 Å². The van der Waals surface area contributed by atoms with Crippen molar-refractivity contribution in [1.29, 1.82) is 0 Å². The largest absolute Gasteiger partial charge is 1.00 e. The fourth-order valence-corrected chi connectivity index (χ4v) is 0.167. The summed E-state index contributed by atoms with van der Waals surface area (Å²) in [6.45, 7) is 1.74. The number of carbonyl (C=O) groups excluding carboxylic acids is 1. The van der Waals surface area contributed by atoms with E-state index in [1.54, 1.807) is 6.92 Å². The van der Waals surface area contributed by atoms with Crippen molar-refractivity contribution in [3.63, 3.8) is 0 Å². The number of carboxylic acid groups (broad SMARTS) is 1. The van der Waals surface area contributed by atoms with Crippen molar-refractivity contribution >= 4 is 18.6 Å². The first kappa shape index (κ1) is 11.6. The predicted molar refractivity (Wildman–Crippen MR) is 28.1 cm³/mol. The summed E-state index contributed by atoms with van der Waals surface area (Å²) >= 11 is 3.66. The Kier molecular flexibility index (Phi) is 8.62. The van der Waals surface area contributed by atoms with E-state index in [2.05, 4.69) is 12.6 Å². The van der Waals surface area contributed by atoms with Crippen molar-refractivity contribution < 1.29 is 39.5 Å². The van der Waals surface area contributed by atoms with Crippen LogP contribution in [0.3, 0.4) is 0 Å². The van der Waals surface area contributed by atoms with Gasteiger partial charge in [-0.25, -0.2) is 0 Å². The zero-order chi connectivity index (χ0) is 5.86. The van der Waals surface area contributed by atoms with Gasteiger partial charge in [0.15, 0.2) is 0 Å². The quantitative estimate of drug-likeness (QED) is 0.320. The van der Waals surface area contributed by atoms with Gasteiger partial charge in [-0.2, -0.15) is 12.6 Å². The Labute approximate surface area is 76.4 Å². The van der Waals surface area contributed by atoms with Gasteiger partial charge in [-0.1, -0.05) is 6.92 Å². The second kappa shape index (κ2) is 5.95. The molecule has 0 aromatic heterocycles. The molecular weight excluding hydrogens is 135 g/mol. The van der Waals surface area contributed by atoms with Crippen molar-refractivity contribution in [2.75, 3.05) is 0 Å². The molecule has 0 rings (SSSR count). The average molecular weight is 142 g/mol. The molecule has 0 aromatic rings. The van der Waals surface area contributed by atoms with Crippen LogP contribution in [-0.2, 0) is 4.79 Å². The number of thiol groups is 1. The van der Waals surface area contributed by atoms with E-state index in [1.807, 2.05) is 0 Å². The van der Waals surface area contributed by atoms with Crippen LogP contribution in [0.5, 0.6) is 0 Å². The van der Waals surface area contributed by atoms with E-state index in [9.17, 15) is 9.90 Å². The second-order valence-corrected chi connectivity index (χ2v) is 1.87. The van der Waals surface area contributed by atoms with Crippen molar-refractivity contribution in [3.05, 3.63) is 0 Å². The molecule has 4 heteroatoms. The van der Waals surface area contributed by atoms with E-state index in [0.717, 1.165) is 0 Å². The molecule has 0 aliphatic rings. The van der Waals surface area contributed by atoms with E-state index < -0.39 is 11.2 Å². The van der Waals surface area contributed by atoms with Gasteiger partial charge in [-0.05, 0) is 6.42 Å². The third-order valence-corrected chi connectivity index (χ3v) is 1.23. The number of carboxylic acids is 1. The molecule has 0 spiro atoms. The Bertz CT molecular complexity index is 76.4. The first-order valence-corrected chi connectivity index (χ1v) is 2.59. The molecule has 0 radical (unpaired) electrons. The predicted octanol–water partition coefficient (Wildman–Crippen LogP) is -3.55. The summed E-state index contributed by atoms with van der Waals surface area (Å²) in [6.07, 6.45) is 0.519. The first-order valence-electron chi connectivity index (χ1n) is 2.07. The molecule has 0 aliphatic carbocycles. The van der Waals surface area contributed by atoms with Crippen LogP contribution >= 0.6 is 12.6 Å². The van der Waals surface area contributed by atoms with Crippen LogP contribution in [0.1, 0.15) is 13.3 Å². The van der Waals surface area contributed by atoms with E-state index in [4.69, 9.17) is 0 Å². The van der Waals surface area contributed by atoms with Crippen LogP contribution in [0, 0.1) is 0 Å². The van der Waals surface area contributed by atoms with Gasteiger partial charge in [0.25, 0.3) is 0 Å². The molecule has 0 fully saturated rings. The third kappa shape index (κ3) is 4.97. The van der Waals surface area contributed by atoms with E-state index in [1.165, 1.54) is 0 Å². The summed E-state index contributed by atoms with van der Waals surface area (Å²) in [4.78, 5) is 9.74. The number of hydrogen-bond donors (Lipinski definition) is 1. The average Bonchev–Trinajstić information content (AvgIpc) is 1.65. The van der Waals surface area contributed by atoms with Gasteiger partial charge in [-0.15, -0.1) is 0 Å². The second-order valence-electron chi connectivity index (χ2n) is 1.24. The summed E-state index contributed by atoms with van der Waals surface area (Å²) in [5.74, 6) is -1.09. The van der Waals surface area contributed by atoms with Gasteiger partial charge < -0.3 is 9.90 Å². The molecule has 0 aromatic carbocycles.